The molecule has 0 aliphatic heterocycles. The standard InChI is InChI=1S/C16H22N2O/c1-10-6-7-14(8-11(10)2)16(19)9-15-12(3)17-18(5)13(15)4/h6-8,16,19H,9H2,1-5H3. The highest BCUT2D eigenvalue weighted by molar-refractivity contribution is 5.33. The lowest BCUT2D eigenvalue weighted by Gasteiger charge is -2.13. The van der Waals surface area contributed by atoms with Crippen molar-refractivity contribution in [3.8, 4) is 0 Å². The number of hydrogen-bond donors (Lipinski definition) is 1. The van der Waals surface area contributed by atoms with Gasteiger partial charge in [0.05, 0.1) is 11.8 Å². The molecule has 1 atom stereocenters. The summed E-state index contributed by atoms with van der Waals surface area (Å²) in [6, 6.07) is 6.14. The Morgan fingerprint density at radius 1 is 1.16 bits per heavy atom. The van der Waals surface area contributed by atoms with Gasteiger partial charge in [-0.25, -0.2) is 0 Å². The first-order chi connectivity index (χ1) is 8.90. The number of hydrogen-bond acceptors (Lipinski definition) is 2. The smallest absolute Gasteiger partial charge is 0.0831 e. The fourth-order valence-corrected chi connectivity index (χ4v) is 2.40. The number of aliphatic hydroxyl groups is 1. The van der Waals surface area contributed by atoms with Crippen molar-refractivity contribution < 1.29 is 5.11 Å². The summed E-state index contributed by atoms with van der Waals surface area (Å²) in [5, 5.41) is 14.8. The van der Waals surface area contributed by atoms with E-state index >= 15 is 0 Å². The summed E-state index contributed by atoms with van der Waals surface area (Å²) in [5.74, 6) is 0. The first-order valence-electron chi connectivity index (χ1n) is 6.64. The van der Waals surface area contributed by atoms with Crippen molar-refractivity contribution in [2.45, 2.75) is 40.2 Å². The molecule has 0 aliphatic rings. The number of rotatable bonds is 3. The predicted molar refractivity (Wildman–Crippen MR) is 77.3 cm³/mol. The number of aliphatic hydroxyl groups excluding tert-OH is 1. The molecule has 1 aromatic carbocycles. The van der Waals surface area contributed by atoms with E-state index in [-0.39, 0.29) is 0 Å². The largest absolute Gasteiger partial charge is 0.388 e. The molecule has 0 fully saturated rings. The van der Waals surface area contributed by atoms with E-state index < -0.39 is 6.10 Å². The average molecular weight is 258 g/mol. The summed E-state index contributed by atoms with van der Waals surface area (Å²) in [4.78, 5) is 0. The predicted octanol–water partition coefficient (Wildman–Crippen LogP) is 2.93. The molecule has 1 heterocycles. The van der Waals surface area contributed by atoms with Crippen molar-refractivity contribution in [2.75, 3.05) is 0 Å². The van der Waals surface area contributed by atoms with Gasteiger partial charge in [0, 0.05) is 19.2 Å². The van der Waals surface area contributed by atoms with Crippen LogP contribution in [0.2, 0.25) is 0 Å². The third-order valence-corrected chi connectivity index (χ3v) is 3.97. The summed E-state index contributed by atoms with van der Waals surface area (Å²) >= 11 is 0. The van der Waals surface area contributed by atoms with Crippen LogP contribution in [0.25, 0.3) is 0 Å². The zero-order chi connectivity index (χ0) is 14.2. The van der Waals surface area contributed by atoms with Crippen LogP contribution in [-0.4, -0.2) is 14.9 Å². The molecule has 0 saturated heterocycles. The molecule has 0 saturated carbocycles. The molecule has 1 aromatic heterocycles. The normalized spacial score (nSPS) is 12.7. The second kappa shape index (κ2) is 5.17. The Morgan fingerprint density at radius 2 is 1.84 bits per heavy atom. The molecule has 2 aromatic rings. The van der Waals surface area contributed by atoms with Gasteiger partial charge >= 0.3 is 0 Å². The summed E-state index contributed by atoms with van der Waals surface area (Å²) in [6.45, 7) is 8.20. The van der Waals surface area contributed by atoms with Gasteiger partial charge in [-0.05, 0) is 49.9 Å². The van der Waals surface area contributed by atoms with Crippen molar-refractivity contribution in [1.82, 2.24) is 9.78 Å². The van der Waals surface area contributed by atoms with Crippen LogP contribution in [0.1, 0.15) is 39.7 Å². The van der Waals surface area contributed by atoms with Gasteiger partial charge in [-0.1, -0.05) is 18.2 Å². The van der Waals surface area contributed by atoms with Crippen LogP contribution in [0.15, 0.2) is 18.2 Å². The van der Waals surface area contributed by atoms with Crippen LogP contribution in [0, 0.1) is 27.7 Å². The topological polar surface area (TPSA) is 38.1 Å². The van der Waals surface area contributed by atoms with E-state index in [2.05, 4.69) is 31.1 Å². The summed E-state index contributed by atoms with van der Waals surface area (Å²) in [7, 11) is 1.94. The van der Waals surface area contributed by atoms with Gasteiger partial charge in [0.1, 0.15) is 0 Å². The lowest BCUT2D eigenvalue weighted by molar-refractivity contribution is 0.178. The lowest BCUT2D eigenvalue weighted by atomic mass is 9.97. The molecule has 0 aliphatic carbocycles. The number of aryl methyl sites for hydroxylation is 4. The van der Waals surface area contributed by atoms with E-state index in [4.69, 9.17) is 0 Å². The van der Waals surface area contributed by atoms with Gasteiger partial charge in [-0.3, -0.25) is 4.68 Å². The van der Waals surface area contributed by atoms with E-state index in [9.17, 15) is 5.11 Å². The molecule has 3 nitrogen and oxygen atoms in total. The van der Waals surface area contributed by atoms with Crippen LogP contribution in [0.3, 0.4) is 0 Å². The van der Waals surface area contributed by atoms with Gasteiger partial charge in [0.2, 0.25) is 0 Å². The molecule has 3 heteroatoms. The van der Waals surface area contributed by atoms with E-state index in [1.54, 1.807) is 0 Å². The Balaban J connectivity index is 2.25. The fraction of sp³-hybridized carbons (Fsp3) is 0.438. The Kier molecular flexibility index (Phi) is 3.76. The summed E-state index contributed by atoms with van der Waals surface area (Å²) in [5.41, 5.74) is 6.73. The first-order valence-corrected chi connectivity index (χ1v) is 6.64. The molecule has 19 heavy (non-hydrogen) atoms. The molecule has 1 N–H and O–H groups in total. The molecule has 2 rings (SSSR count). The van der Waals surface area contributed by atoms with Crippen LogP contribution >= 0.6 is 0 Å². The third-order valence-electron chi connectivity index (χ3n) is 3.97. The highest BCUT2D eigenvalue weighted by Gasteiger charge is 2.15. The first kappa shape index (κ1) is 13.8. The van der Waals surface area contributed by atoms with Crippen molar-refractivity contribution in [3.63, 3.8) is 0 Å². The summed E-state index contributed by atoms with van der Waals surface area (Å²) in [6.07, 6.45) is 0.148. The van der Waals surface area contributed by atoms with Crippen LogP contribution in [0.5, 0.6) is 0 Å². The number of nitrogens with zero attached hydrogens (tertiary/aromatic N) is 2. The second-order valence-corrected chi connectivity index (χ2v) is 5.34. The van der Waals surface area contributed by atoms with Crippen molar-refractivity contribution in [1.29, 1.82) is 0 Å². The van der Waals surface area contributed by atoms with Crippen molar-refractivity contribution in [2.24, 2.45) is 7.05 Å². The maximum atomic E-state index is 10.4. The highest BCUT2D eigenvalue weighted by atomic mass is 16.3. The summed E-state index contributed by atoms with van der Waals surface area (Å²) < 4.78 is 1.87. The minimum absolute atomic E-state index is 0.471. The van der Waals surface area contributed by atoms with Crippen LogP contribution in [-0.2, 0) is 13.5 Å². The third kappa shape index (κ3) is 2.71. The van der Waals surface area contributed by atoms with Crippen molar-refractivity contribution in [3.05, 3.63) is 51.8 Å². The molecular weight excluding hydrogens is 236 g/mol. The quantitative estimate of drug-likeness (QED) is 0.919. The molecule has 0 amide bonds. The Bertz CT molecular complexity index is 599. The molecular formula is C16H22N2O. The maximum absolute atomic E-state index is 10.4. The Morgan fingerprint density at radius 3 is 2.37 bits per heavy atom. The second-order valence-electron chi connectivity index (χ2n) is 5.34. The van der Waals surface area contributed by atoms with E-state index in [0.717, 1.165) is 22.5 Å². The number of aromatic nitrogens is 2. The Hall–Kier alpha value is -1.61. The lowest BCUT2D eigenvalue weighted by Crippen LogP contribution is -2.04. The highest BCUT2D eigenvalue weighted by Crippen LogP contribution is 2.23. The molecule has 0 radical (unpaired) electrons. The zero-order valence-corrected chi connectivity index (χ0v) is 12.4. The fourth-order valence-electron chi connectivity index (χ4n) is 2.40. The van der Waals surface area contributed by atoms with E-state index in [1.165, 1.54) is 11.1 Å². The van der Waals surface area contributed by atoms with Gasteiger partial charge in [0.15, 0.2) is 0 Å². The number of benzene rings is 1. The van der Waals surface area contributed by atoms with Crippen molar-refractivity contribution >= 4 is 0 Å². The molecule has 102 valence electrons. The van der Waals surface area contributed by atoms with Gasteiger partial charge in [-0.15, -0.1) is 0 Å². The Labute approximate surface area is 114 Å². The van der Waals surface area contributed by atoms with E-state index in [0.29, 0.717) is 6.42 Å². The average Bonchev–Trinajstić information content (AvgIpc) is 2.59. The minimum atomic E-state index is -0.471. The molecule has 1 unspecified atom stereocenters. The van der Waals surface area contributed by atoms with Gasteiger partial charge in [-0.2, -0.15) is 5.10 Å². The molecule has 0 bridgehead atoms. The van der Waals surface area contributed by atoms with Gasteiger partial charge in [0.25, 0.3) is 0 Å². The maximum Gasteiger partial charge on any atom is 0.0831 e. The molecule has 0 spiro atoms. The zero-order valence-electron chi connectivity index (χ0n) is 12.4. The minimum Gasteiger partial charge on any atom is -0.388 e. The van der Waals surface area contributed by atoms with Crippen LogP contribution in [0.4, 0.5) is 0 Å². The SMILES string of the molecule is Cc1ccc(C(O)Cc2c(C)nn(C)c2C)cc1C. The van der Waals surface area contributed by atoms with E-state index in [1.807, 2.05) is 31.6 Å². The monoisotopic (exact) mass is 258 g/mol. The van der Waals surface area contributed by atoms with Gasteiger partial charge < -0.3 is 5.11 Å². The van der Waals surface area contributed by atoms with Crippen LogP contribution < -0.4 is 0 Å².